The second-order valence-corrected chi connectivity index (χ2v) is 10.5. The Kier molecular flexibility index (Phi) is 5.08. The van der Waals surface area contributed by atoms with Crippen molar-refractivity contribution >= 4 is 40.2 Å². The number of hydrogen-bond acceptors (Lipinski definition) is 0. The first-order valence-corrected chi connectivity index (χ1v) is 11.4. The SMILES string of the molecule is [C-]#[N+]c1ccccc1[Si](c1ccccc1)(c1ccccc1)c1ccccc1[N+]#[C-]. The van der Waals surface area contributed by atoms with E-state index in [-0.39, 0.29) is 0 Å². The van der Waals surface area contributed by atoms with Gasteiger partial charge in [0.2, 0.25) is 0 Å². The Bertz CT molecular complexity index is 1120. The summed E-state index contributed by atoms with van der Waals surface area (Å²) in [7, 11) is -2.86. The molecular formula is C26H18N2Si. The van der Waals surface area contributed by atoms with Crippen molar-refractivity contribution < 1.29 is 0 Å². The highest BCUT2D eigenvalue weighted by Crippen LogP contribution is 2.21. The fraction of sp³-hybridized carbons (Fsp3) is 0. The first-order valence-electron chi connectivity index (χ1n) is 9.37. The highest BCUT2D eigenvalue weighted by atomic mass is 28.3. The molecule has 0 aliphatic rings. The average Bonchev–Trinajstić information content (AvgIpc) is 2.82. The molecule has 0 atom stereocenters. The van der Waals surface area contributed by atoms with E-state index in [4.69, 9.17) is 13.1 Å². The molecule has 4 aromatic rings. The fourth-order valence-corrected chi connectivity index (χ4v) is 9.08. The Morgan fingerprint density at radius 1 is 0.448 bits per heavy atom. The third kappa shape index (κ3) is 3.05. The van der Waals surface area contributed by atoms with Crippen LogP contribution < -0.4 is 20.7 Å². The van der Waals surface area contributed by atoms with Gasteiger partial charge in [0, 0.05) is 0 Å². The van der Waals surface area contributed by atoms with Crippen LogP contribution in [-0.2, 0) is 0 Å². The van der Waals surface area contributed by atoms with Crippen molar-refractivity contribution in [2.45, 2.75) is 0 Å². The van der Waals surface area contributed by atoms with Gasteiger partial charge in [-0.25, -0.2) is 9.69 Å². The Morgan fingerprint density at radius 3 is 1.17 bits per heavy atom. The molecule has 0 bridgehead atoms. The van der Waals surface area contributed by atoms with Gasteiger partial charge in [0.1, 0.15) is 0 Å². The molecule has 0 heterocycles. The minimum absolute atomic E-state index is 0.645. The zero-order valence-corrected chi connectivity index (χ0v) is 16.8. The molecule has 3 heteroatoms. The molecule has 0 radical (unpaired) electrons. The van der Waals surface area contributed by atoms with Gasteiger partial charge in [-0.05, 0) is 20.7 Å². The molecule has 0 aliphatic heterocycles. The van der Waals surface area contributed by atoms with Gasteiger partial charge < -0.3 is 0 Å². The molecule has 0 spiro atoms. The quantitative estimate of drug-likeness (QED) is 0.283. The molecule has 0 N–H and O–H groups in total. The Morgan fingerprint density at radius 2 is 0.793 bits per heavy atom. The van der Waals surface area contributed by atoms with Crippen molar-refractivity contribution in [3.8, 4) is 0 Å². The van der Waals surface area contributed by atoms with Crippen LogP contribution in [0.5, 0.6) is 0 Å². The Labute approximate surface area is 172 Å². The summed E-state index contributed by atoms with van der Waals surface area (Å²) in [5, 5.41) is 4.36. The maximum Gasteiger partial charge on any atom is 0.187 e. The lowest BCUT2D eigenvalue weighted by atomic mass is 10.3. The lowest BCUT2D eigenvalue weighted by Gasteiger charge is -2.36. The molecule has 0 aliphatic carbocycles. The summed E-state index contributed by atoms with van der Waals surface area (Å²) in [6.07, 6.45) is 0. The van der Waals surface area contributed by atoms with Crippen molar-refractivity contribution in [3.05, 3.63) is 132 Å². The van der Waals surface area contributed by atoms with E-state index in [1.54, 1.807) is 0 Å². The van der Waals surface area contributed by atoms with Crippen LogP contribution >= 0.6 is 0 Å². The number of benzene rings is 4. The summed E-state index contributed by atoms with van der Waals surface area (Å²) in [4.78, 5) is 7.75. The summed E-state index contributed by atoms with van der Waals surface area (Å²) < 4.78 is 0. The van der Waals surface area contributed by atoms with Crippen molar-refractivity contribution in [3.63, 3.8) is 0 Å². The largest absolute Gasteiger partial charge is 0.238 e. The third-order valence-corrected chi connectivity index (χ3v) is 10.1. The predicted molar refractivity (Wildman–Crippen MR) is 123 cm³/mol. The van der Waals surface area contributed by atoms with Gasteiger partial charge in [0.05, 0.1) is 13.1 Å². The van der Waals surface area contributed by atoms with Gasteiger partial charge in [-0.15, -0.1) is 0 Å². The maximum absolute atomic E-state index is 7.84. The second-order valence-electron chi connectivity index (χ2n) is 6.74. The van der Waals surface area contributed by atoms with Gasteiger partial charge >= 0.3 is 0 Å². The molecule has 0 fully saturated rings. The van der Waals surface area contributed by atoms with E-state index in [1.807, 2.05) is 72.8 Å². The molecule has 4 rings (SSSR count). The van der Waals surface area contributed by atoms with Crippen molar-refractivity contribution in [1.82, 2.24) is 0 Å². The molecular weight excluding hydrogens is 368 g/mol. The van der Waals surface area contributed by atoms with Crippen molar-refractivity contribution in [2.75, 3.05) is 0 Å². The second kappa shape index (κ2) is 7.98. The molecule has 0 unspecified atom stereocenters. The predicted octanol–water partition coefficient (Wildman–Crippen LogP) is 4.17. The Balaban J connectivity index is 2.25. The van der Waals surface area contributed by atoms with Crippen molar-refractivity contribution in [2.24, 2.45) is 0 Å². The Hall–Kier alpha value is -3.92. The summed E-state index contributed by atoms with van der Waals surface area (Å²) in [5.41, 5.74) is 1.29. The van der Waals surface area contributed by atoms with Crippen LogP contribution in [0.25, 0.3) is 9.69 Å². The summed E-state index contributed by atoms with van der Waals surface area (Å²) in [6.45, 7) is 15.7. The van der Waals surface area contributed by atoms with Crippen LogP contribution in [-0.4, -0.2) is 8.07 Å². The highest BCUT2D eigenvalue weighted by Gasteiger charge is 2.43. The van der Waals surface area contributed by atoms with E-state index in [0.717, 1.165) is 10.4 Å². The van der Waals surface area contributed by atoms with Gasteiger partial charge in [0.15, 0.2) is 19.4 Å². The molecule has 2 nitrogen and oxygen atoms in total. The third-order valence-electron chi connectivity index (χ3n) is 5.27. The summed E-state index contributed by atoms with van der Waals surface area (Å²) in [6, 6.07) is 36.5. The van der Waals surface area contributed by atoms with Crippen LogP contribution in [0.15, 0.2) is 109 Å². The van der Waals surface area contributed by atoms with Gasteiger partial charge in [-0.1, -0.05) is 109 Å². The monoisotopic (exact) mass is 386 g/mol. The molecule has 0 aromatic heterocycles. The topological polar surface area (TPSA) is 8.72 Å². The lowest BCUT2D eigenvalue weighted by Crippen LogP contribution is -2.74. The molecule has 29 heavy (non-hydrogen) atoms. The minimum Gasteiger partial charge on any atom is -0.238 e. The van der Waals surface area contributed by atoms with Gasteiger partial charge in [-0.2, -0.15) is 0 Å². The number of hydrogen-bond donors (Lipinski definition) is 0. The highest BCUT2D eigenvalue weighted by molar-refractivity contribution is 7.21. The van der Waals surface area contributed by atoms with E-state index in [2.05, 4.69) is 46.1 Å². The van der Waals surface area contributed by atoms with E-state index in [1.165, 1.54) is 10.4 Å². The lowest BCUT2D eigenvalue weighted by molar-refractivity contribution is 1.66. The van der Waals surface area contributed by atoms with Crippen LogP contribution in [0.1, 0.15) is 0 Å². The molecule has 0 saturated heterocycles. The van der Waals surface area contributed by atoms with E-state index in [0.29, 0.717) is 11.4 Å². The summed E-state index contributed by atoms with van der Waals surface area (Å²) >= 11 is 0. The number of para-hydroxylation sites is 2. The van der Waals surface area contributed by atoms with Crippen LogP contribution in [0.4, 0.5) is 11.4 Å². The smallest absolute Gasteiger partial charge is 0.187 e. The maximum atomic E-state index is 7.84. The fourth-order valence-electron chi connectivity index (χ4n) is 4.09. The molecule has 0 saturated carbocycles. The molecule has 136 valence electrons. The van der Waals surface area contributed by atoms with E-state index < -0.39 is 8.07 Å². The molecule has 0 amide bonds. The van der Waals surface area contributed by atoms with E-state index >= 15 is 0 Å². The van der Waals surface area contributed by atoms with Crippen LogP contribution in [0.2, 0.25) is 0 Å². The first-order chi connectivity index (χ1) is 14.3. The zero-order chi connectivity index (χ0) is 20.1. The number of rotatable bonds is 4. The van der Waals surface area contributed by atoms with Crippen LogP contribution in [0.3, 0.4) is 0 Å². The van der Waals surface area contributed by atoms with Gasteiger partial charge in [-0.3, -0.25) is 0 Å². The molecule has 4 aromatic carbocycles. The van der Waals surface area contributed by atoms with Crippen LogP contribution in [0, 0.1) is 13.1 Å². The standard InChI is InChI=1S/C26H18N2Si/c1-27-23-17-9-11-19-25(23)29(21-13-5-3-6-14-21,22-15-7-4-8-16-22)26-20-12-10-18-24(26)28-2/h3-20H. The average molecular weight is 387 g/mol. The normalized spacial score (nSPS) is 10.7. The summed E-state index contributed by atoms with van der Waals surface area (Å²) in [5.74, 6) is 0. The van der Waals surface area contributed by atoms with E-state index in [9.17, 15) is 0 Å². The number of nitrogens with zero attached hydrogens (tertiary/aromatic N) is 2. The zero-order valence-electron chi connectivity index (χ0n) is 15.8. The minimum atomic E-state index is -2.86. The van der Waals surface area contributed by atoms with Gasteiger partial charge in [0.25, 0.3) is 0 Å². The first kappa shape index (κ1) is 18.4. The van der Waals surface area contributed by atoms with Crippen molar-refractivity contribution in [1.29, 1.82) is 0 Å².